The van der Waals surface area contributed by atoms with Crippen LogP contribution in [0.2, 0.25) is 5.02 Å². The van der Waals surface area contributed by atoms with Crippen molar-refractivity contribution in [3.8, 4) is 0 Å². The van der Waals surface area contributed by atoms with E-state index in [0.717, 1.165) is 17.3 Å². The van der Waals surface area contributed by atoms with E-state index in [0.29, 0.717) is 0 Å². The maximum Gasteiger partial charge on any atom is 0.244 e. The predicted octanol–water partition coefficient (Wildman–Crippen LogP) is 4.52. The average molecular weight is 403 g/mol. The second-order valence-corrected chi connectivity index (χ2v) is 7.91. The number of rotatable bonds is 7. The first-order chi connectivity index (χ1) is 9.38. The fourth-order valence-electron chi connectivity index (χ4n) is 2.09. The number of hydrogen-bond donors (Lipinski definition) is 0. The Morgan fingerprint density at radius 2 is 1.90 bits per heavy atom. The van der Waals surface area contributed by atoms with Crippen molar-refractivity contribution in [2.24, 2.45) is 0 Å². The molecule has 0 saturated heterocycles. The Kier molecular flexibility index (Phi) is 7.29. The summed E-state index contributed by atoms with van der Waals surface area (Å²) >= 11 is 15.1. The first-order valence-electron chi connectivity index (χ1n) is 6.41. The van der Waals surface area contributed by atoms with E-state index in [9.17, 15) is 8.42 Å². The van der Waals surface area contributed by atoms with Crippen molar-refractivity contribution in [3.05, 3.63) is 27.7 Å². The number of alkyl halides is 1. The Morgan fingerprint density at radius 3 is 2.35 bits per heavy atom. The molecule has 0 heterocycles. The third kappa shape index (κ3) is 4.10. The number of nitrogens with zero attached hydrogens (tertiary/aromatic N) is 1. The highest BCUT2D eigenvalue weighted by molar-refractivity contribution is 9.10. The summed E-state index contributed by atoms with van der Waals surface area (Å²) in [5.74, 6) is 0.254. The van der Waals surface area contributed by atoms with Gasteiger partial charge in [-0.1, -0.05) is 41.4 Å². The fraction of sp³-hybridized carbons (Fsp3) is 0.538. The van der Waals surface area contributed by atoms with E-state index < -0.39 is 10.0 Å². The van der Waals surface area contributed by atoms with Crippen molar-refractivity contribution in [2.45, 2.75) is 37.6 Å². The molecule has 0 aliphatic carbocycles. The molecule has 0 aliphatic heterocycles. The molecule has 1 aromatic rings. The fourth-order valence-corrected chi connectivity index (χ4v) is 5.16. The molecule has 0 aliphatic rings. The van der Waals surface area contributed by atoms with Crippen LogP contribution < -0.4 is 0 Å². The number of benzene rings is 1. The summed E-state index contributed by atoms with van der Waals surface area (Å²) < 4.78 is 27.8. The van der Waals surface area contributed by atoms with Crippen LogP contribution in [0.5, 0.6) is 0 Å². The molecular weight excluding hydrogens is 385 g/mol. The molecule has 0 unspecified atom stereocenters. The van der Waals surface area contributed by atoms with Crippen LogP contribution >= 0.6 is 39.1 Å². The van der Waals surface area contributed by atoms with Gasteiger partial charge in [0.05, 0.1) is 5.02 Å². The summed E-state index contributed by atoms with van der Waals surface area (Å²) in [5.41, 5.74) is 0. The van der Waals surface area contributed by atoms with E-state index >= 15 is 0 Å². The highest BCUT2D eigenvalue weighted by atomic mass is 79.9. The standard InChI is InChI=1S/C13H18BrCl2NO2S/c1-3-11(4-2)17(8-7-15)20(18,19)13-6-5-10(14)9-12(13)16/h5-6,9,11H,3-4,7-8H2,1-2H3. The molecule has 0 N–H and O–H groups in total. The highest BCUT2D eigenvalue weighted by Crippen LogP contribution is 2.29. The van der Waals surface area contributed by atoms with E-state index in [1.807, 2.05) is 13.8 Å². The van der Waals surface area contributed by atoms with E-state index in [2.05, 4.69) is 15.9 Å². The maximum absolute atomic E-state index is 12.8. The molecule has 0 spiro atoms. The SMILES string of the molecule is CCC(CC)N(CCCl)S(=O)(=O)c1ccc(Br)cc1Cl. The van der Waals surface area contributed by atoms with Crippen LogP contribution in [0.4, 0.5) is 0 Å². The van der Waals surface area contributed by atoms with Gasteiger partial charge in [0, 0.05) is 22.9 Å². The van der Waals surface area contributed by atoms with Crippen molar-refractivity contribution in [3.63, 3.8) is 0 Å². The Labute approximate surface area is 139 Å². The van der Waals surface area contributed by atoms with E-state index in [1.54, 1.807) is 12.1 Å². The van der Waals surface area contributed by atoms with Gasteiger partial charge in [0.2, 0.25) is 10.0 Å². The maximum atomic E-state index is 12.8. The van der Waals surface area contributed by atoms with Gasteiger partial charge < -0.3 is 0 Å². The zero-order chi connectivity index (χ0) is 15.3. The van der Waals surface area contributed by atoms with Gasteiger partial charge in [0.1, 0.15) is 4.90 Å². The largest absolute Gasteiger partial charge is 0.244 e. The first-order valence-corrected chi connectivity index (χ1v) is 9.55. The molecule has 1 aromatic carbocycles. The van der Waals surface area contributed by atoms with Crippen molar-refractivity contribution in [2.75, 3.05) is 12.4 Å². The Balaban J connectivity index is 3.28. The molecule has 0 bridgehead atoms. The van der Waals surface area contributed by atoms with Gasteiger partial charge >= 0.3 is 0 Å². The molecule has 1 rings (SSSR count). The van der Waals surface area contributed by atoms with Crippen LogP contribution in [0, 0.1) is 0 Å². The minimum absolute atomic E-state index is 0.0709. The molecule has 20 heavy (non-hydrogen) atoms. The molecule has 0 fully saturated rings. The molecule has 7 heteroatoms. The predicted molar refractivity (Wildman–Crippen MR) is 88.1 cm³/mol. The lowest BCUT2D eigenvalue weighted by Gasteiger charge is -2.29. The Bertz CT molecular complexity index is 547. The second kappa shape index (κ2) is 7.99. The Hall–Kier alpha value is 0.190. The summed E-state index contributed by atoms with van der Waals surface area (Å²) in [7, 11) is -3.64. The summed E-state index contributed by atoms with van der Waals surface area (Å²) in [4.78, 5) is 0.124. The molecular formula is C13H18BrCl2NO2S. The lowest BCUT2D eigenvalue weighted by molar-refractivity contribution is 0.316. The zero-order valence-electron chi connectivity index (χ0n) is 11.4. The zero-order valence-corrected chi connectivity index (χ0v) is 15.4. The van der Waals surface area contributed by atoms with E-state index in [4.69, 9.17) is 23.2 Å². The monoisotopic (exact) mass is 401 g/mol. The van der Waals surface area contributed by atoms with Gasteiger partial charge in [0.15, 0.2) is 0 Å². The van der Waals surface area contributed by atoms with Gasteiger partial charge in [-0.25, -0.2) is 8.42 Å². The number of halogens is 3. The quantitative estimate of drug-likeness (QED) is 0.628. The average Bonchev–Trinajstić information content (AvgIpc) is 2.38. The second-order valence-electron chi connectivity index (χ2n) is 4.35. The van der Waals surface area contributed by atoms with Gasteiger partial charge in [-0.15, -0.1) is 11.6 Å². The summed E-state index contributed by atoms with van der Waals surface area (Å²) in [6, 6.07) is 4.70. The summed E-state index contributed by atoms with van der Waals surface area (Å²) in [5, 5.41) is 0.213. The van der Waals surface area contributed by atoms with Crippen molar-refractivity contribution < 1.29 is 8.42 Å². The summed E-state index contributed by atoms with van der Waals surface area (Å²) in [6.45, 7) is 4.21. The Morgan fingerprint density at radius 1 is 1.30 bits per heavy atom. The van der Waals surface area contributed by atoms with Crippen molar-refractivity contribution >= 4 is 49.2 Å². The normalized spacial score (nSPS) is 12.3. The molecule has 0 saturated carbocycles. The smallest absolute Gasteiger partial charge is 0.207 e. The van der Waals surface area contributed by atoms with Crippen LogP contribution in [-0.4, -0.2) is 31.2 Å². The highest BCUT2D eigenvalue weighted by Gasteiger charge is 2.30. The van der Waals surface area contributed by atoms with Crippen LogP contribution in [0.25, 0.3) is 0 Å². The lowest BCUT2D eigenvalue weighted by atomic mass is 10.2. The minimum Gasteiger partial charge on any atom is -0.207 e. The molecule has 0 atom stereocenters. The first kappa shape index (κ1) is 18.2. The van der Waals surface area contributed by atoms with E-state index in [1.165, 1.54) is 10.4 Å². The van der Waals surface area contributed by atoms with Crippen LogP contribution in [-0.2, 0) is 10.0 Å². The van der Waals surface area contributed by atoms with Crippen LogP contribution in [0.15, 0.2) is 27.6 Å². The topological polar surface area (TPSA) is 37.4 Å². The van der Waals surface area contributed by atoms with Gasteiger partial charge in [-0.3, -0.25) is 0 Å². The lowest BCUT2D eigenvalue weighted by Crippen LogP contribution is -2.41. The molecule has 114 valence electrons. The number of sulfonamides is 1. The molecule has 0 radical (unpaired) electrons. The van der Waals surface area contributed by atoms with Crippen molar-refractivity contribution in [1.29, 1.82) is 0 Å². The number of hydrogen-bond acceptors (Lipinski definition) is 2. The molecule has 0 amide bonds. The summed E-state index contributed by atoms with van der Waals surface area (Å²) in [6.07, 6.45) is 1.47. The molecule has 3 nitrogen and oxygen atoms in total. The third-order valence-corrected chi connectivity index (χ3v) is 6.23. The van der Waals surface area contributed by atoms with Gasteiger partial charge in [0.25, 0.3) is 0 Å². The minimum atomic E-state index is -3.64. The van der Waals surface area contributed by atoms with Crippen LogP contribution in [0.3, 0.4) is 0 Å². The van der Waals surface area contributed by atoms with E-state index in [-0.39, 0.29) is 28.4 Å². The third-order valence-electron chi connectivity index (χ3n) is 3.14. The van der Waals surface area contributed by atoms with Gasteiger partial charge in [-0.05, 0) is 31.0 Å². The van der Waals surface area contributed by atoms with Crippen molar-refractivity contribution in [1.82, 2.24) is 4.31 Å². The van der Waals surface area contributed by atoms with Crippen LogP contribution in [0.1, 0.15) is 26.7 Å². The van der Waals surface area contributed by atoms with Gasteiger partial charge in [-0.2, -0.15) is 4.31 Å². The molecule has 0 aromatic heterocycles.